The predicted molar refractivity (Wildman–Crippen MR) is 90.4 cm³/mol. The van der Waals surface area contributed by atoms with E-state index < -0.39 is 0 Å². The van der Waals surface area contributed by atoms with Crippen LogP contribution in [0, 0.1) is 5.41 Å². The number of amides is 4. The molecule has 4 amide bonds. The van der Waals surface area contributed by atoms with E-state index in [9.17, 15) is 14.4 Å². The van der Waals surface area contributed by atoms with E-state index in [0.29, 0.717) is 51.0 Å². The lowest BCUT2D eigenvalue weighted by molar-refractivity contribution is -0.121. The fourth-order valence-electron chi connectivity index (χ4n) is 2.59. The molecule has 1 saturated heterocycles. The van der Waals surface area contributed by atoms with Gasteiger partial charge in [-0.3, -0.25) is 9.59 Å². The van der Waals surface area contributed by atoms with Gasteiger partial charge in [0.15, 0.2) is 0 Å². The normalized spacial score (nSPS) is 19.4. The molecule has 2 rings (SSSR count). The molecule has 24 heavy (non-hydrogen) atoms. The molecule has 8 nitrogen and oxygen atoms in total. The summed E-state index contributed by atoms with van der Waals surface area (Å²) < 4.78 is 0. The number of likely N-dealkylation sites (tertiary alicyclic amines) is 1. The van der Waals surface area contributed by atoms with Gasteiger partial charge in [0.2, 0.25) is 5.91 Å². The number of hydrazone groups is 1. The van der Waals surface area contributed by atoms with Gasteiger partial charge in [-0.25, -0.2) is 10.2 Å². The SMILES string of the molecule is CC(C)(C)CNC(=O)N1CCC(NC(=O)C2=NNC(=O)CC2)CC1. The van der Waals surface area contributed by atoms with Crippen molar-refractivity contribution in [3.05, 3.63) is 0 Å². The minimum atomic E-state index is -0.231. The third-order valence-corrected chi connectivity index (χ3v) is 4.05. The molecule has 0 aromatic rings. The smallest absolute Gasteiger partial charge is 0.317 e. The van der Waals surface area contributed by atoms with Crippen LogP contribution in [0.5, 0.6) is 0 Å². The number of nitrogens with zero attached hydrogens (tertiary/aromatic N) is 2. The van der Waals surface area contributed by atoms with E-state index in [1.807, 2.05) is 0 Å². The molecule has 0 bridgehead atoms. The highest BCUT2D eigenvalue weighted by molar-refractivity contribution is 6.39. The molecule has 2 aliphatic rings. The molecule has 2 heterocycles. The van der Waals surface area contributed by atoms with Crippen molar-refractivity contribution in [2.24, 2.45) is 10.5 Å². The average molecular weight is 337 g/mol. The summed E-state index contributed by atoms with van der Waals surface area (Å²) in [7, 11) is 0. The number of carbonyl (C=O) groups is 3. The first-order valence-electron chi connectivity index (χ1n) is 8.44. The van der Waals surface area contributed by atoms with Crippen LogP contribution in [-0.2, 0) is 9.59 Å². The van der Waals surface area contributed by atoms with Gasteiger partial charge in [0, 0.05) is 38.5 Å². The number of hydrogen-bond acceptors (Lipinski definition) is 4. The van der Waals surface area contributed by atoms with Crippen molar-refractivity contribution >= 4 is 23.6 Å². The molecule has 0 unspecified atom stereocenters. The molecule has 0 aliphatic carbocycles. The minimum absolute atomic E-state index is 0.0319. The van der Waals surface area contributed by atoms with Crippen LogP contribution in [0.1, 0.15) is 46.5 Å². The predicted octanol–water partition coefficient (Wildman–Crippen LogP) is 0.589. The first-order valence-corrected chi connectivity index (χ1v) is 8.44. The third-order valence-electron chi connectivity index (χ3n) is 4.05. The van der Waals surface area contributed by atoms with E-state index in [2.05, 4.69) is 41.9 Å². The maximum Gasteiger partial charge on any atom is 0.317 e. The van der Waals surface area contributed by atoms with Crippen LogP contribution in [0.3, 0.4) is 0 Å². The van der Waals surface area contributed by atoms with Crippen LogP contribution < -0.4 is 16.1 Å². The van der Waals surface area contributed by atoms with Gasteiger partial charge >= 0.3 is 6.03 Å². The van der Waals surface area contributed by atoms with Crippen molar-refractivity contribution in [2.75, 3.05) is 19.6 Å². The lowest BCUT2D eigenvalue weighted by atomic mass is 9.97. The lowest BCUT2D eigenvalue weighted by Gasteiger charge is -2.33. The van der Waals surface area contributed by atoms with E-state index in [1.54, 1.807) is 4.90 Å². The zero-order valence-electron chi connectivity index (χ0n) is 14.6. The Morgan fingerprint density at radius 2 is 1.92 bits per heavy atom. The van der Waals surface area contributed by atoms with Crippen LogP contribution in [0.2, 0.25) is 0 Å². The highest BCUT2D eigenvalue weighted by Gasteiger charge is 2.26. The van der Waals surface area contributed by atoms with Crippen molar-refractivity contribution < 1.29 is 14.4 Å². The molecule has 134 valence electrons. The molecular weight excluding hydrogens is 310 g/mol. The van der Waals surface area contributed by atoms with Gasteiger partial charge in [0.05, 0.1) is 0 Å². The summed E-state index contributed by atoms with van der Waals surface area (Å²) in [5.74, 6) is -0.397. The van der Waals surface area contributed by atoms with Gasteiger partial charge < -0.3 is 15.5 Å². The molecule has 0 aromatic carbocycles. The Kier molecular flexibility index (Phi) is 5.80. The van der Waals surface area contributed by atoms with E-state index in [0.717, 1.165) is 0 Å². The lowest BCUT2D eigenvalue weighted by Crippen LogP contribution is -2.51. The summed E-state index contributed by atoms with van der Waals surface area (Å²) in [5, 5.41) is 9.68. The highest BCUT2D eigenvalue weighted by atomic mass is 16.2. The van der Waals surface area contributed by atoms with E-state index >= 15 is 0 Å². The first-order chi connectivity index (χ1) is 11.2. The molecule has 2 aliphatic heterocycles. The molecule has 0 radical (unpaired) electrons. The van der Waals surface area contributed by atoms with Crippen molar-refractivity contribution in [2.45, 2.75) is 52.5 Å². The minimum Gasteiger partial charge on any atom is -0.348 e. The number of rotatable bonds is 3. The Balaban J connectivity index is 1.73. The zero-order chi connectivity index (χ0) is 17.7. The second-order valence-electron chi connectivity index (χ2n) is 7.55. The molecule has 8 heteroatoms. The maximum absolute atomic E-state index is 12.1. The fourth-order valence-corrected chi connectivity index (χ4v) is 2.59. The number of urea groups is 1. The number of hydrogen-bond donors (Lipinski definition) is 3. The van der Waals surface area contributed by atoms with Crippen molar-refractivity contribution in [3.63, 3.8) is 0 Å². The zero-order valence-corrected chi connectivity index (χ0v) is 14.6. The van der Waals surface area contributed by atoms with Crippen LogP contribution >= 0.6 is 0 Å². The Bertz CT molecular complexity index is 530. The second kappa shape index (κ2) is 7.63. The van der Waals surface area contributed by atoms with Crippen molar-refractivity contribution in [1.29, 1.82) is 0 Å². The fraction of sp³-hybridized carbons (Fsp3) is 0.750. The van der Waals surface area contributed by atoms with Gasteiger partial charge in [-0.2, -0.15) is 5.10 Å². The number of nitrogens with one attached hydrogen (secondary N) is 3. The van der Waals surface area contributed by atoms with E-state index in [4.69, 9.17) is 0 Å². The van der Waals surface area contributed by atoms with Gasteiger partial charge in [-0.15, -0.1) is 0 Å². The summed E-state index contributed by atoms with van der Waals surface area (Å²) in [6, 6.07) is -0.0152. The van der Waals surface area contributed by atoms with Gasteiger partial charge in [0.25, 0.3) is 5.91 Å². The summed E-state index contributed by atoms with van der Waals surface area (Å²) in [4.78, 5) is 37.1. The second-order valence-corrected chi connectivity index (χ2v) is 7.55. The summed E-state index contributed by atoms with van der Waals surface area (Å²) in [6.07, 6.45) is 2.09. The van der Waals surface area contributed by atoms with Crippen LogP contribution in [-0.4, -0.2) is 54.1 Å². The van der Waals surface area contributed by atoms with Gasteiger partial charge in [0.1, 0.15) is 5.71 Å². The topological polar surface area (TPSA) is 103 Å². The van der Waals surface area contributed by atoms with Gasteiger partial charge in [-0.05, 0) is 18.3 Å². The average Bonchev–Trinajstić information content (AvgIpc) is 2.53. The van der Waals surface area contributed by atoms with E-state index in [-0.39, 0.29) is 29.3 Å². The summed E-state index contributed by atoms with van der Waals surface area (Å²) in [6.45, 7) is 8.09. The Morgan fingerprint density at radius 3 is 2.46 bits per heavy atom. The third kappa shape index (κ3) is 5.50. The highest BCUT2D eigenvalue weighted by Crippen LogP contribution is 2.13. The summed E-state index contributed by atoms with van der Waals surface area (Å²) >= 11 is 0. The van der Waals surface area contributed by atoms with Crippen molar-refractivity contribution in [1.82, 2.24) is 21.0 Å². The van der Waals surface area contributed by atoms with Crippen LogP contribution in [0.4, 0.5) is 4.79 Å². The molecule has 0 atom stereocenters. The largest absolute Gasteiger partial charge is 0.348 e. The summed E-state index contributed by atoms with van der Waals surface area (Å²) in [5.41, 5.74) is 2.74. The van der Waals surface area contributed by atoms with Crippen molar-refractivity contribution in [3.8, 4) is 0 Å². The monoisotopic (exact) mass is 337 g/mol. The molecular formula is C16H27N5O3. The van der Waals surface area contributed by atoms with Crippen LogP contribution in [0.25, 0.3) is 0 Å². The molecule has 0 saturated carbocycles. The number of carbonyl (C=O) groups excluding carboxylic acids is 3. The molecule has 1 fully saturated rings. The first kappa shape index (κ1) is 18.2. The van der Waals surface area contributed by atoms with Gasteiger partial charge in [-0.1, -0.05) is 20.8 Å². The molecule has 0 spiro atoms. The Labute approximate surface area is 142 Å². The molecule has 3 N–H and O–H groups in total. The quantitative estimate of drug-likeness (QED) is 0.702. The Morgan fingerprint density at radius 1 is 1.25 bits per heavy atom. The Hall–Kier alpha value is -2.12. The van der Waals surface area contributed by atoms with Crippen LogP contribution in [0.15, 0.2) is 5.10 Å². The maximum atomic E-state index is 12.1. The standard InChI is InChI=1S/C16H27N5O3/c1-16(2,3)10-17-15(24)21-8-6-11(7-9-21)18-14(23)12-4-5-13(22)20-19-12/h11H,4-10H2,1-3H3,(H,17,24)(H,18,23)(H,20,22). The van der Waals surface area contributed by atoms with E-state index in [1.165, 1.54) is 0 Å². The number of piperidine rings is 1. The molecule has 0 aromatic heterocycles.